The number of rotatable bonds is 7. The molecule has 1 unspecified atom stereocenters. The standard InChI is InChI=1S/C16H22N2O2/c1-3-5-6-10-14(4-2)20-16(19)18-15-11-8-7-9-13(15)12-17/h7-9,11,14H,3-6,10H2,1-2H3,(H,18,19). The average molecular weight is 274 g/mol. The second-order valence-corrected chi connectivity index (χ2v) is 4.71. The Morgan fingerprint density at radius 3 is 2.75 bits per heavy atom. The van der Waals surface area contributed by atoms with E-state index < -0.39 is 6.09 Å². The maximum Gasteiger partial charge on any atom is 0.411 e. The first-order chi connectivity index (χ1) is 9.71. The van der Waals surface area contributed by atoms with Crippen LogP contribution in [-0.2, 0) is 4.74 Å². The number of unbranched alkanes of at least 4 members (excludes halogenated alkanes) is 2. The van der Waals surface area contributed by atoms with Crippen molar-refractivity contribution in [3.05, 3.63) is 29.8 Å². The molecule has 1 aromatic rings. The molecule has 108 valence electrons. The summed E-state index contributed by atoms with van der Waals surface area (Å²) >= 11 is 0. The predicted molar refractivity (Wildman–Crippen MR) is 79.5 cm³/mol. The molecule has 0 spiro atoms. The van der Waals surface area contributed by atoms with Crippen molar-refractivity contribution in [2.75, 3.05) is 5.32 Å². The van der Waals surface area contributed by atoms with E-state index in [0.717, 1.165) is 32.1 Å². The van der Waals surface area contributed by atoms with Gasteiger partial charge in [0.1, 0.15) is 12.2 Å². The first-order valence-electron chi connectivity index (χ1n) is 7.18. The molecule has 1 rings (SSSR count). The monoisotopic (exact) mass is 274 g/mol. The van der Waals surface area contributed by atoms with Crippen molar-refractivity contribution in [1.82, 2.24) is 0 Å². The Morgan fingerprint density at radius 1 is 1.35 bits per heavy atom. The molecule has 0 aromatic heterocycles. The van der Waals surface area contributed by atoms with Crippen LogP contribution in [0.25, 0.3) is 0 Å². The van der Waals surface area contributed by atoms with Gasteiger partial charge in [-0.3, -0.25) is 5.32 Å². The fourth-order valence-electron chi connectivity index (χ4n) is 1.95. The Hall–Kier alpha value is -2.02. The number of para-hydroxylation sites is 1. The lowest BCUT2D eigenvalue weighted by Gasteiger charge is -2.16. The Bertz CT molecular complexity index is 466. The summed E-state index contributed by atoms with van der Waals surface area (Å²) < 4.78 is 5.39. The van der Waals surface area contributed by atoms with Crippen LogP contribution >= 0.6 is 0 Å². The molecule has 1 amide bonds. The summed E-state index contributed by atoms with van der Waals surface area (Å²) in [7, 11) is 0. The molecular weight excluding hydrogens is 252 g/mol. The van der Waals surface area contributed by atoms with Crippen molar-refractivity contribution in [2.24, 2.45) is 0 Å². The van der Waals surface area contributed by atoms with E-state index in [1.807, 2.05) is 13.0 Å². The number of nitrogens with zero attached hydrogens (tertiary/aromatic N) is 1. The van der Waals surface area contributed by atoms with Crippen LogP contribution in [0.3, 0.4) is 0 Å². The minimum absolute atomic E-state index is 0.0594. The molecule has 20 heavy (non-hydrogen) atoms. The highest BCUT2D eigenvalue weighted by atomic mass is 16.6. The molecule has 1 atom stereocenters. The number of benzene rings is 1. The fourth-order valence-corrected chi connectivity index (χ4v) is 1.95. The average Bonchev–Trinajstić information content (AvgIpc) is 2.47. The minimum atomic E-state index is -0.490. The molecule has 0 radical (unpaired) electrons. The topological polar surface area (TPSA) is 62.1 Å². The number of amides is 1. The molecule has 1 N–H and O–H groups in total. The van der Waals surface area contributed by atoms with Crippen molar-refractivity contribution in [1.29, 1.82) is 5.26 Å². The molecule has 0 aliphatic heterocycles. The number of hydrogen-bond donors (Lipinski definition) is 1. The highest BCUT2D eigenvalue weighted by Gasteiger charge is 2.13. The number of hydrogen-bond acceptors (Lipinski definition) is 3. The second kappa shape index (κ2) is 8.98. The van der Waals surface area contributed by atoms with Gasteiger partial charge in [-0.25, -0.2) is 4.79 Å². The van der Waals surface area contributed by atoms with Crippen molar-refractivity contribution >= 4 is 11.8 Å². The van der Waals surface area contributed by atoms with Gasteiger partial charge >= 0.3 is 6.09 Å². The van der Waals surface area contributed by atoms with Crippen LogP contribution in [-0.4, -0.2) is 12.2 Å². The van der Waals surface area contributed by atoms with E-state index in [2.05, 4.69) is 12.2 Å². The Kier molecular flexibility index (Phi) is 7.20. The number of carbonyl (C=O) groups is 1. The third kappa shape index (κ3) is 5.31. The van der Waals surface area contributed by atoms with Gasteiger partial charge in [-0.15, -0.1) is 0 Å². The third-order valence-corrected chi connectivity index (χ3v) is 3.14. The smallest absolute Gasteiger partial charge is 0.411 e. The number of carbonyl (C=O) groups excluding carboxylic acids is 1. The van der Waals surface area contributed by atoms with Crippen LogP contribution in [0.2, 0.25) is 0 Å². The van der Waals surface area contributed by atoms with E-state index in [9.17, 15) is 4.79 Å². The van der Waals surface area contributed by atoms with Gasteiger partial charge < -0.3 is 4.74 Å². The van der Waals surface area contributed by atoms with Gasteiger partial charge in [0.15, 0.2) is 0 Å². The molecule has 1 aromatic carbocycles. The lowest BCUT2D eigenvalue weighted by atomic mass is 10.1. The highest BCUT2D eigenvalue weighted by Crippen LogP contribution is 2.15. The Labute approximate surface area is 120 Å². The lowest BCUT2D eigenvalue weighted by molar-refractivity contribution is 0.101. The summed E-state index contributed by atoms with van der Waals surface area (Å²) in [6.45, 7) is 4.15. The van der Waals surface area contributed by atoms with Crippen LogP contribution in [0.1, 0.15) is 51.5 Å². The molecule has 0 aliphatic carbocycles. The molecule has 0 heterocycles. The number of anilines is 1. The van der Waals surface area contributed by atoms with Crippen molar-refractivity contribution in [2.45, 2.75) is 52.1 Å². The van der Waals surface area contributed by atoms with Crippen LogP contribution in [0.5, 0.6) is 0 Å². The number of nitrogens with one attached hydrogen (secondary N) is 1. The van der Waals surface area contributed by atoms with Crippen LogP contribution < -0.4 is 5.32 Å². The van der Waals surface area contributed by atoms with Gasteiger partial charge in [-0.2, -0.15) is 5.26 Å². The summed E-state index contributed by atoms with van der Waals surface area (Å²) in [6, 6.07) is 8.92. The van der Waals surface area contributed by atoms with E-state index in [1.165, 1.54) is 0 Å². The van der Waals surface area contributed by atoms with Gasteiger partial charge in [-0.05, 0) is 31.4 Å². The first-order valence-corrected chi connectivity index (χ1v) is 7.18. The molecule has 0 bridgehead atoms. The number of ether oxygens (including phenoxy) is 1. The summed E-state index contributed by atoms with van der Waals surface area (Å²) in [5.41, 5.74) is 0.923. The largest absolute Gasteiger partial charge is 0.446 e. The van der Waals surface area contributed by atoms with Crippen molar-refractivity contribution in [3.63, 3.8) is 0 Å². The van der Waals surface area contributed by atoms with Crippen LogP contribution in [0, 0.1) is 11.3 Å². The zero-order valence-corrected chi connectivity index (χ0v) is 12.2. The minimum Gasteiger partial charge on any atom is -0.446 e. The van der Waals surface area contributed by atoms with Crippen LogP contribution in [0.15, 0.2) is 24.3 Å². The molecule has 4 nitrogen and oxygen atoms in total. The zero-order valence-electron chi connectivity index (χ0n) is 12.2. The summed E-state index contributed by atoms with van der Waals surface area (Å²) in [5, 5.41) is 11.6. The van der Waals surface area contributed by atoms with Gasteiger partial charge in [0.2, 0.25) is 0 Å². The van der Waals surface area contributed by atoms with Crippen molar-refractivity contribution in [3.8, 4) is 6.07 Å². The van der Waals surface area contributed by atoms with Crippen molar-refractivity contribution < 1.29 is 9.53 Å². The van der Waals surface area contributed by atoms with E-state index in [1.54, 1.807) is 24.3 Å². The second-order valence-electron chi connectivity index (χ2n) is 4.71. The molecule has 4 heteroatoms. The SMILES string of the molecule is CCCCCC(CC)OC(=O)Nc1ccccc1C#N. The first kappa shape index (κ1) is 16.0. The maximum absolute atomic E-state index is 11.8. The van der Waals surface area contributed by atoms with E-state index in [-0.39, 0.29) is 6.10 Å². The molecule has 0 fully saturated rings. The summed E-state index contributed by atoms with van der Waals surface area (Å²) in [4.78, 5) is 11.8. The maximum atomic E-state index is 11.8. The third-order valence-electron chi connectivity index (χ3n) is 3.14. The quantitative estimate of drug-likeness (QED) is 0.746. The normalized spacial score (nSPS) is 11.4. The number of nitriles is 1. The Balaban J connectivity index is 2.51. The van der Waals surface area contributed by atoms with Gasteiger partial charge in [0.25, 0.3) is 0 Å². The Morgan fingerprint density at radius 2 is 2.10 bits per heavy atom. The van der Waals surface area contributed by atoms with Gasteiger partial charge in [-0.1, -0.05) is 38.8 Å². The summed E-state index contributed by atoms with van der Waals surface area (Å²) in [6.07, 6.45) is 4.51. The highest BCUT2D eigenvalue weighted by molar-refractivity contribution is 5.86. The molecule has 0 saturated heterocycles. The summed E-state index contributed by atoms with van der Waals surface area (Å²) in [5.74, 6) is 0. The van der Waals surface area contributed by atoms with E-state index >= 15 is 0 Å². The van der Waals surface area contributed by atoms with E-state index in [4.69, 9.17) is 10.00 Å². The van der Waals surface area contributed by atoms with Gasteiger partial charge in [0, 0.05) is 0 Å². The fraction of sp³-hybridized carbons (Fsp3) is 0.500. The molecule has 0 aliphatic rings. The molecule has 0 saturated carbocycles. The van der Waals surface area contributed by atoms with Crippen LogP contribution in [0.4, 0.5) is 10.5 Å². The van der Waals surface area contributed by atoms with Gasteiger partial charge in [0.05, 0.1) is 11.3 Å². The molecular formula is C16H22N2O2. The predicted octanol–water partition coefficient (Wildman–Crippen LogP) is 4.47. The zero-order chi connectivity index (χ0) is 14.8. The lowest BCUT2D eigenvalue weighted by Crippen LogP contribution is -2.22. The van der Waals surface area contributed by atoms with E-state index in [0.29, 0.717) is 11.3 Å².